The number of benzene rings is 1. The van der Waals surface area contributed by atoms with Gasteiger partial charge in [0.2, 0.25) is 0 Å². The molecular formula is C16H18F3N5O. The number of nitrogens with zero attached hydrogens (tertiary/aromatic N) is 2. The minimum Gasteiger partial charge on any atom is -0.406 e. The quantitative estimate of drug-likeness (QED) is 0.730. The van der Waals surface area contributed by atoms with Gasteiger partial charge in [0.25, 0.3) is 0 Å². The van der Waals surface area contributed by atoms with Gasteiger partial charge in [0.05, 0.1) is 11.3 Å². The predicted octanol–water partition coefficient (Wildman–Crippen LogP) is 3.58. The van der Waals surface area contributed by atoms with Crippen molar-refractivity contribution < 1.29 is 17.9 Å². The van der Waals surface area contributed by atoms with Crippen molar-refractivity contribution in [2.24, 2.45) is 0 Å². The minimum absolute atomic E-state index is 0.0107. The van der Waals surface area contributed by atoms with E-state index >= 15 is 0 Å². The molecule has 0 fully saturated rings. The van der Waals surface area contributed by atoms with E-state index in [2.05, 4.69) is 20.0 Å². The number of nitrogens with two attached hydrogens (primary N) is 1. The van der Waals surface area contributed by atoms with Crippen molar-refractivity contribution in [2.45, 2.75) is 32.7 Å². The molecule has 2 rings (SSSR count). The van der Waals surface area contributed by atoms with Crippen LogP contribution in [0.1, 0.15) is 31.9 Å². The first-order valence-electron chi connectivity index (χ1n) is 7.30. The molecule has 0 saturated carbocycles. The fourth-order valence-corrected chi connectivity index (χ4v) is 2.06. The number of nitrogens with one attached hydrogen (secondary N) is 2. The van der Waals surface area contributed by atoms with Crippen molar-refractivity contribution in [2.75, 3.05) is 11.1 Å². The molecule has 0 amide bonds. The monoisotopic (exact) mass is 353 g/mol. The largest absolute Gasteiger partial charge is 0.573 e. The lowest BCUT2D eigenvalue weighted by Gasteiger charge is -2.23. The summed E-state index contributed by atoms with van der Waals surface area (Å²) in [5.74, 6) is 0.109. The van der Waals surface area contributed by atoms with Gasteiger partial charge in [-0.3, -0.25) is 5.41 Å². The number of ether oxygens (including phenoxy) is 1. The smallest absolute Gasteiger partial charge is 0.406 e. The fourth-order valence-electron chi connectivity index (χ4n) is 2.06. The molecule has 6 nitrogen and oxygen atoms in total. The second-order valence-electron chi connectivity index (χ2n) is 6.30. The lowest BCUT2D eigenvalue weighted by atomic mass is 10.0. The van der Waals surface area contributed by atoms with E-state index in [4.69, 9.17) is 11.1 Å². The summed E-state index contributed by atoms with van der Waals surface area (Å²) in [5, 5.41) is 11.5. The maximum absolute atomic E-state index is 12.2. The van der Waals surface area contributed by atoms with Crippen LogP contribution in [-0.4, -0.2) is 27.6 Å². The second kappa shape index (κ2) is 6.58. The van der Waals surface area contributed by atoms with Gasteiger partial charge < -0.3 is 15.8 Å². The van der Waals surface area contributed by atoms with Crippen LogP contribution in [0, 0.1) is 5.41 Å². The number of hydrogen-bond acceptors (Lipinski definition) is 6. The summed E-state index contributed by atoms with van der Waals surface area (Å²) >= 11 is 0. The van der Waals surface area contributed by atoms with Crippen LogP contribution in [-0.2, 0) is 0 Å². The maximum Gasteiger partial charge on any atom is 0.573 e. The molecule has 1 aromatic heterocycles. The summed E-state index contributed by atoms with van der Waals surface area (Å²) in [7, 11) is 0. The lowest BCUT2D eigenvalue weighted by molar-refractivity contribution is -0.274. The van der Waals surface area contributed by atoms with Crippen molar-refractivity contribution >= 4 is 17.3 Å². The Bertz CT molecular complexity index is 767. The van der Waals surface area contributed by atoms with Gasteiger partial charge in [-0.15, -0.1) is 13.2 Å². The molecule has 1 heterocycles. The van der Waals surface area contributed by atoms with E-state index in [1.54, 1.807) is 0 Å². The SMILES string of the molecule is CC(C)(C)Nc1ncnc(N)c1C(=N)c1ccc(OC(F)(F)F)cc1. The van der Waals surface area contributed by atoms with Crippen LogP contribution in [0.4, 0.5) is 24.8 Å². The van der Waals surface area contributed by atoms with E-state index in [-0.39, 0.29) is 28.4 Å². The van der Waals surface area contributed by atoms with E-state index in [1.807, 2.05) is 20.8 Å². The molecule has 9 heteroatoms. The van der Waals surface area contributed by atoms with E-state index in [9.17, 15) is 13.2 Å². The molecule has 0 bridgehead atoms. The Kier molecular flexibility index (Phi) is 4.87. The van der Waals surface area contributed by atoms with Crippen molar-refractivity contribution in [1.29, 1.82) is 5.41 Å². The molecule has 25 heavy (non-hydrogen) atoms. The number of nitrogen functional groups attached to an aromatic ring is 1. The topological polar surface area (TPSA) is 96.9 Å². The average molecular weight is 353 g/mol. The molecule has 0 atom stereocenters. The van der Waals surface area contributed by atoms with Crippen LogP contribution < -0.4 is 15.8 Å². The molecule has 0 saturated heterocycles. The van der Waals surface area contributed by atoms with Gasteiger partial charge in [-0.05, 0) is 45.0 Å². The first-order chi connectivity index (χ1) is 11.5. The van der Waals surface area contributed by atoms with E-state index < -0.39 is 6.36 Å². The Morgan fingerprint density at radius 1 is 1.12 bits per heavy atom. The molecular weight excluding hydrogens is 335 g/mol. The Hall–Kier alpha value is -2.84. The van der Waals surface area contributed by atoms with Gasteiger partial charge in [-0.2, -0.15) is 0 Å². The summed E-state index contributed by atoms with van der Waals surface area (Å²) in [6.07, 6.45) is -3.49. The molecule has 0 aliphatic carbocycles. The number of halogens is 3. The summed E-state index contributed by atoms with van der Waals surface area (Å²) in [5.41, 5.74) is 6.18. The van der Waals surface area contributed by atoms with Crippen LogP contribution in [0.25, 0.3) is 0 Å². The third-order valence-electron chi connectivity index (χ3n) is 3.00. The van der Waals surface area contributed by atoms with Crippen LogP contribution in [0.5, 0.6) is 5.75 Å². The number of aromatic nitrogens is 2. The highest BCUT2D eigenvalue weighted by atomic mass is 19.4. The van der Waals surface area contributed by atoms with Gasteiger partial charge in [-0.25, -0.2) is 9.97 Å². The van der Waals surface area contributed by atoms with Crippen molar-refractivity contribution in [3.63, 3.8) is 0 Å². The lowest BCUT2D eigenvalue weighted by Crippen LogP contribution is -2.28. The van der Waals surface area contributed by atoms with Gasteiger partial charge in [0.1, 0.15) is 23.7 Å². The molecule has 0 aliphatic heterocycles. The van der Waals surface area contributed by atoms with Crippen LogP contribution in [0.2, 0.25) is 0 Å². The number of alkyl halides is 3. The zero-order chi connectivity index (χ0) is 18.8. The zero-order valence-electron chi connectivity index (χ0n) is 13.9. The highest BCUT2D eigenvalue weighted by Gasteiger charge is 2.31. The maximum atomic E-state index is 12.2. The summed E-state index contributed by atoms with van der Waals surface area (Å²) in [6, 6.07) is 4.95. The molecule has 0 radical (unpaired) electrons. The molecule has 0 spiro atoms. The van der Waals surface area contributed by atoms with Crippen molar-refractivity contribution in [1.82, 2.24) is 9.97 Å². The van der Waals surface area contributed by atoms with Crippen molar-refractivity contribution in [3.05, 3.63) is 41.7 Å². The normalized spacial score (nSPS) is 11.9. The zero-order valence-corrected chi connectivity index (χ0v) is 13.9. The summed E-state index contributed by atoms with van der Waals surface area (Å²) in [4.78, 5) is 8.02. The first-order valence-corrected chi connectivity index (χ1v) is 7.30. The second-order valence-corrected chi connectivity index (χ2v) is 6.30. The third-order valence-corrected chi connectivity index (χ3v) is 3.00. The molecule has 2 aromatic rings. The Morgan fingerprint density at radius 3 is 2.24 bits per heavy atom. The Morgan fingerprint density at radius 2 is 1.72 bits per heavy atom. The fraction of sp³-hybridized carbons (Fsp3) is 0.312. The molecule has 134 valence electrons. The number of hydrogen-bond donors (Lipinski definition) is 3. The van der Waals surface area contributed by atoms with Gasteiger partial charge in [0.15, 0.2) is 0 Å². The van der Waals surface area contributed by atoms with Gasteiger partial charge in [0, 0.05) is 11.1 Å². The summed E-state index contributed by atoms with van der Waals surface area (Å²) in [6.45, 7) is 5.76. The van der Waals surface area contributed by atoms with E-state index in [1.165, 1.54) is 18.5 Å². The van der Waals surface area contributed by atoms with E-state index in [0.717, 1.165) is 12.1 Å². The van der Waals surface area contributed by atoms with E-state index in [0.29, 0.717) is 11.4 Å². The Balaban J connectivity index is 2.35. The highest BCUT2D eigenvalue weighted by Crippen LogP contribution is 2.26. The van der Waals surface area contributed by atoms with Gasteiger partial charge in [-0.1, -0.05) is 0 Å². The van der Waals surface area contributed by atoms with Gasteiger partial charge >= 0.3 is 6.36 Å². The summed E-state index contributed by atoms with van der Waals surface area (Å²) < 4.78 is 40.5. The molecule has 1 aromatic carbocycles. The number of anilines is 2. The van der Waals surface area contributed by atoms with Crippen LogP contribution in [0.15, 0.2) is 30.6 Å². The Labute approximate surface area is 142 Å². The van der Waals surface area contributed by atoms with Crippen molar-refractivity contribution in [3.8, 4) is 5.75 Å². The average Bonchev–Trinajstić information content (AvgIpc) is 2.44. The third kappa shape index (κ3) is 5.07. The molecule has 0 unspecified atom stereocenters. The first kappa shape index (κ1) is 18.5. The van der Waals surface area contributed by atoms with Crippen LogP contribution in [0.3, 0.4) is 0 Å². The number of rotatable bonds is 4. The minimum atomic E-state index is -4.77. The van der Waals surface area contributed by atoms with Crippen LogP contribution >= 0.6 is 0 Å². The predicted molar refractivity (Wildman–Crippen MR) is 88.9 cm³/mol. The standard InChI is InChI=1S/C16H18F3N5O/c1-15(2,3)24-14-11(13(21)22-8-23-14)12(20)9-4-6-10(7-5-9)25-16(17,18)19/h4-8,20H,1-3H3,(H3,21,22,23,24). The highest BCUT2D eigenvalue weighted by molar-refractivity contribution is 6.16. The molecule has 4 N–H and O–H groups in total. The molecule has 0 aliphatic rings.